The van der Waals surface area contributed by atoms with Gasteiger partial charge in [-0.25, -0.2) is 0 Å². The summed E-state index contributed by atoms with van der Waals surface area (Å²) in [6.07, 6.45) is 0. The SMILES string of the molecule is CC(C)c1cc2oc3ccccc3c2c(-c2ccccc2)c1C(C)C. The van der Waals surface area contributed by atoms with Crippen molar-refractivity contribution in [2.24, 2.45) is 0 Å². The minimum absolute atomic E-state index is 0.450. The van der Waals surface area contributed by atoms with Gasteiger partial charge < -0.3 is 4.42 Å². The Labute approximate surface area is 149 Å². The van der Waals surface area contributed by atoms with E-state index in [9.17, 15) is 0 Å². The van der Waals surface area contributed by atoms with E-state index in [4.69, 9.17) is 4.42 Å². The smallest absolute Gasteiger partial charge is 0.136 e. The van der Waals surface area contributed by atoms with Gasteiger partial charge in [0.25, 0.3) is 0 Å². The van der Waals surface area contributed by atoms with Crippen molar-refractivity contribution in [3.05, 3.63) is 71.8 Å². The third kappa shape index (κ3) is 2.55. The fourth-order valence-corrected chi connectivity index (χ4v) is 3.93. The Morgan fingerprint density at radius 3 is 2.08 bits per heavy atom. The van der Waals surface area contributed by atoms with Crippen LogP contribution in [0.2, 0.25) is 0 Å². The second-order valence-electron chi connectivity index (χ2n) is 7.40. The summed E-state index contributed by atoms with van der Waals surface area (Å²) < 4.78 is 6.24. The lowest BCUT2D eigenvalue weighted by atomic mass is 9.82. The van der Waals surface area contributed by atoms with Gasteiger partial charge in [-0.1, -0.05) is 76.2 Å². The van der Waals surface area contributed by atoms with Gasteiger partial charge in [0.05, 0.1) is 0 Å². The molecule has 0 fully saturated rings. The normalized spacial score (nSPS) is 11.9. The molecule has 0 aliphatic heterocycles. The molecule has 1 heterocycles. The van der Waals surface area contributed by atoms with E-state index in [2.05, 4.69) is 82.3 Å². The van der Waals surface area contributed by atoms with E-state index in [1.807, 2.05) is 6.07 Å². The van der Waals surface area contributed by atoms with Gasteiger partial charge in [-0.3, -0.25) is 0 Å². The Balaban J connectivity index is 2.25. The Bertz CT molecular complexity index is 1040. The van der Waals surface area contributed by atoms with Crippen molar-refractivity contribution in [3.63, 3.8) is 0 Å². The van der Waals surface area contributed by atoms with E-state index in [-0.39, 0.29) is 0 Å². The van der Waals surface area contributed by atoms with Gasteiger partial charge in [-0.15, -0.1) is 0 Å². The molecule has 0 saturated carbocycles. The number of para-hydroxylation sites is 1. The standard InChI is InChI=1S/C24H24O/c1-15(2)19-14-21-24(18-12-8-9-13-20(18)25-21)23(22(19)16(3)4)17-10-6-5-7-11-17/h5-16H,1-4H3. The molecule has 1 nitrogen and oxygen atoms in total. The summed E-state index contributed by atoms with van der Waals surface area (Å²) in [5.41, 5.74) is 7.39. The first-order valence-corrected chi connectivity index (χ1v) is 9.11. The van der Waals surface area contributed by atoms with Crippen LogP contribution in [-0.4, -0.2) is 0 Å². The number of hydrogen-bond donors (Lipinski definition) is 0. The highest BCUT2D eigenvalue weighted by Crippen LogP contribution is 2.44. The van der Waals surface area contributed by atoms with Crippen LogP contribution < -0.4 is 0 Å². The minimum Gasteiger partial charge on any atom is -0.456 e. The minimum atomic E-state index is 0.450. The van der Waals surface area contributed by atoms with Crippen molar-refractivity contribution >= 4 is 21.9 Å². The molecular formula is C24H24O. The van der Waals surface area contributed by atoms with Gasteiger partial charge in [0.15, 0.2) is 0 Å². The molecule has 1 heteroatoms. The summed E-state index contributed by atoms with van der Waals surface area (Å²) in [4.78, 5) is 0. The highest BCUT2D eigenvalue weighted by Gasteiger charge is 2.22. The third-order valence-electron chi connectivity index (χ3n) is 5.00. The first-order chi connectivity index (χ1) is 12.1. The summed E-state index contributed by atoms with van der Waals surface area (Å²) in [6, 6.07) is 21.4. The number of hydrogen-bond acceptors (Lipinski definition) is 1. The van der Waals surface area contributed by atoms with Crippen LogP contribution in [0.25, 0.3) is 33.1 Å². The van der Waals surface area contributed by atoms with Crippen LogP contribution in [0.15, 0.2) is 65.1 Å². The van der Waals surface area contributed by atoms with Crippen LogP contribution in [0.5, 0.6) is 0 Å². The fourth-order valence-electron chi connectivity index (χ4n) is 3.93. The van der Waals surface area contributed by atoms with Crippen molar-refractivity contribution in [2.75, 3.05) is 0 Å². The molecular weight excluding hydrogens is 304 g/mol. The van der Waals surface area contributed by atoms with Crippen LogP contribution in [0, 0.1) is 0 Å². The lowest BCUT2D eigenvalue weighted by Crippen LogP contribution is -2.02. The van der Waals surface area contributed by atoms with E-state index in [1.165, 1.54) is 33.0 Å². The molecule has 0 atom stereocenters. The molecule has 0 N–H and O–H groups in total. The molecule has 0 saturated heterocycles. The van der Waals surface area contributed by atoms with Crippen molar-refractivity contribution in [1.29, 1.82) is 0 Å². The molecule has 1 aromatic heterocycles. The van der Waals surface area contributed by atoms with E-state index >= 15 is 0 Å². The zero-order chi connectivity index (χ0) is 17.6. The topological polar surface area (TPSA) is 13.1 Å². The second kappa shape index (κ2) is 6.07. The van der Waals surface area contributed by atoms with Gasteiger partial charge >= 0.3 is 0 Å². The summed E-state index contributed by atoms with van der Waals surface area (Å²) in [5.74, 6) is 0.906. The van der Waals surface area contributed by atoms with Gasteiger partial charge in [-0.2, -0.15) is 0 Å². The average molecular weight is 328 g/mol. The predicted octanol–water partition coefficient (Wildman–Crippen LogP) is 7.50. The van der Waals surface area contributed by atoms with Gasteiger partial charge in [0.2, 0.25) is 0 Å². The Morgan fingerprint density at radius 1 is 0.720 bits per heavy atom. The average Bonchev–Trinajstić information content (AvgIpc) is 2.99. The quantitative estimate of drug-likeness (QED) is 0.379. The largest absolute Gasteiger partial charge is 0.456 e. The maximum Gasteiger partial charge on any atom is 0.136 e. The number of fused-ring (bicyclic) bond motifs is 3. The van der Waals surface area contributed by atoms with Crippen LogP contribution in [0.4, 0.5) is 0 Å². The molecule has 0 unspecified atom stereocenters. The van der Waals surface area contributed by atoms with Crippen LogP contribution in [0.1, 0.15) is 50.7 Å². The van der Waals surface area contributed by atoms with Crippen LogP contribution in [-0.2, 0) is 0 Å². The molecule has 4 aromatic rings. The molecule has 25 heavy (non-hydrogen) atoms. The molecule has 0 spiro atoms. The van der Waals surface area contributed by atoms with Crippen molar-refractivity contribution in [3.8, 4) is 11.1 Å². The zero-order valence-corrected chi connectivity index (χ0v) is 15.3. The molecule has 126 valence electrons. The molecule has 0 amide bonds. The van der Waals surface area contributed by atoms with Crippen molar-refractivity contribution < 1.29 is 4.42 Å². The summed E-state index contributed by atoms with van der Waals surface area (Å²) in [6.45, 7) is 9.12. The maximum atomic E-state index is 6.24. The highest BCUT2D eigenvalue weighted by atomic mass is 16.3. The zero-order valence-electron chi connectivity index (χ0n) is 15.3. The van der Waals surface area contributed by atoms with E-state index < -0.39 is 0 Å². The summed E-state index contributed by atoms with van der Waals surface area (Å²) in [5, 5.41) is 2.45. The molecule has 4 rings (SSSR count). The molecule has 0 bridgehead atoms. The number of rotatable bonds is 3. The molecule has 3 aromatic carbocycles. The maximum absolute atomic E-state index is 6.24. The first-order valence-electron chi connectivity index (χ1n) is 9.11. The fraction of sp³-hybridized carbons (Fsp3) is 0.250. The monoisotopic (exact) mass is 328 g/mol. The highest BCUT2D eigenvalue weighted by molar-refractivity contribution is 6.13. The Morgan fingerprint density at radius 2 is 1.40 bits per heavy atom. The summed E-state index contributed by atoms with van der Waals surface area (Å²) in [7, 11) is 0. The van der Waals surface area contributed by atoms with Crippen molar-refractivity contribution in [2.45, 2.75) is 39.5 Å². The van der Waals surface area contributed by atoms with E-state index in [0.717, 1.165) is 11.2 Å². The lowest BCUT2D eigenvalue weighted by molar-refractivity contribution is 0.666. The second-order valence-corrected chi connectivity index (χ2v) is 7.40. The summed E-state index contributed by atoms with van der Waals surface area (Å²) >= 11 is 0. The predicted molar refractivity (Wildman–Crippen MR) is 107 cm³/mol. The van der Waals surface area contributed by atoms with Crippen molar-refractivity contribution in [1.82, 2.24) is 0 Å². The lowest BCUT2D eigenvalue weighted by Gasteiger charge is -2.21. The Kier molecular flexibility index (Phi) is 3.88. The van der Waals surface area contributed by atoms with E-state index in [1.54, 1.807) is 0 Å². The Hall–Kier alpha value is -2.54. The molecule has 0 radical (unpaired) electrons. The number of benzene rings is 3. The van der Waals surface area contributed by atoms with Crippen LogP contribution in [0.3, 0.4) is 0 Å². The first kappa shape index (κ1) is 16.0. The molecule has 0 aliphatic carbocycles. The van der Waals surface area contributed by atoms with Gasteiger partial charge in [0.1, 0.15) is 11.2 Å². The van der Waals surface area contributed by atoms with Gasteiger partial charge in [0, 0.05) is 10.8 Å². The molecule has 0 aliphatic rings. The van der Waals surface area contributed by atoms with Crippen LogP contribution >= 0.6 is 0 Å². The van der Waals surface area contributed by atoms with E-state index in [0.29, 0.717) is 11.8 Å². The number of furan rings is 1. The van der Waals surface area contributed by atoms with Gasteiger partial charge in [-0.05, 0) is 46.2 Å². The third-order valence-corrected chi connectivity index (χ3v) is 5.00.